The largest absolute Gasteiger partial charge is 0.364 e. The van der Waals surface area contributed by atoms with Crippen LogP contribution in [0.1, 0.15) is 11.4 Å². The van der Waals surface area contributed by atoms with Crippen molar-refractivity contribution in [2.45, 2.75) is 13.3 Å². The van der Waals surface area contributed by atoms with E-state index >= 15 is 0 Å². The van der Waals surface area contributed by atoms with Crippen molar-refractivity contribution < 1.29 is 4.92 Å². The topological polar surface area (TPSA) is 98.8 Å². The van der Waals surface area contributed by atoms with Gasteiger partial charge in [0.15, 0.2) is 5.82 Å². The highest BCUT2D eigenvalue weighted by Crippen LogP contribution is 2.22. The van der Waals surface area contributed by atoms with E-state index in [1.165, 1.54) is 6.07 Å². The zero-order chi connectivity index (χ0) is 13.8. The lowest BCUT2D eigenvalue weighted by atomic mass is 10.3. The van der Waals surface area contributed by atoms with E-state index in [2.05, 4.69) is 20.4 Å². The molecule has 0 aromatic carbocycles. The molecule has 2 rings (SSSR count). The number of nitrogens with one attached hydrogen (secondary N) is 1. The van der Waals surface area contributed by atoms with Crippen LogP contribution in [0, 0.1) is 17.0 Å². The third kappa shape index (κ3) is 3.24. The second-order valence-corrected chi connectivity index (χ2v) is 4.15. The Kier molecular flexibility index (Phi) is 3.69. The monoisotopic (exact) mass is 262 g/mol. The number of pyridine rings is 1. The summed E-state index contributed by atoms with van der Waals surface area (Å²) in [5.74, 6) is 0.955. The summed E-state index contributed by atoms with van der Waals surface area (Å²) in [7, 11) is 1.79. The number of nitro groups is 1. The van der Waals surface area contributed by atoms with Crippen LogP contribution in [0.3, 0.4) is 0 Å². The highest BCUT2D eigenvalue weighted by atomic mass is 16.6. The lowest BCUT2D eigenvalue weighted by Gasteiger charge is -2.05. The first kappa shape index (κ1) is 12.9. The molecule has 0 amide bonds. The first-order chi connectivity index (χ1) is 9.06. The molecule has 0 atom stereocenters. The van der Waals surface area contributed by atoms with Crippen molar-refractivity contribution >= 4 is 11.5 Å². The standard InChI is InChI=1S/C11H14N6O2/c1-8-5-9(17(18)19)11(13-6-8)12-4-3-10-14-7-16(2)15-10/h5-7H,3-4H2,1-2H3,(H,12,13). The zero-order valence-electron chi connectivity index (χ0n) is 10.7. The van der Waals surface area contributed by atoms with Crippen LogP contribution in [0.15, 0.2) is 18.6 Å². The molecule has 1 N–H and O–H groups in total. The number of hydrogen-bond donors (Lipinski definition) is 1. The Balaban J connectivity index is 2.01. The van der Waals surface area contributed by atoms with Crippen molar-refractivity contribution in [2.75, 3.05) is 11.9 Å². The summed E-state index contributed by atoms with van der Waals surface area (Å²) in [6.45, 7) is 2.25. The van der Waals surface area contributed by atoms with E-state index in [1.807, 2.05) is 0 Å². The Hall–Kier alpha value is -2.51. The van der Waals surface area contributed by atoms with Gasteiger partial charge in [0.05, 0.1) is 4.92 Å². The van der Waals surface area contributed by atoms with Crippen molar-refractivity contribution in [1.82, 2.24) is 19.7 Å². The fraction of sp³-hybridized carbons (Fsp3) is 0.364. The smallest absolute Gasteiger partial charge is 0.311 e. The molecule has 2 heterocycles. The fourth-order valence-electron chi connectivity index (χ4n) is 1.62. The van der Waals surface area contributed by atoms with Gasteiger partial charge < -0.3 is 5.32 Å². The van der Waals surface area contributed by atoms with Gasteiger partial charge in [0.2, 0.25) is 5.82 Å². The maximum Gasteiger partial charge on any atom is 0.311 e. The minimum atomic E-state index is -0.443. The number of anilines is 1. The van der Waals surface area contributed by atoms with Crippen LogP contribution in [0.25, 0.3) is 0 Å². The first-order valence-electron chi connectivity index (χ1n) is 5.75. The molecule has 0 saturated heterocycles. The molecule has 0 spiro atoms. The Morgan fingerprint density at radius 2 is 2.26 bits per heavy atom. The van der Waals surface area contributed by atoms with E-state index in [1.54, 1.807) is 31.2 Å². The van der Waals surface area contributed by atoms with Crippen molar-refractivity contribution in [2.24, 2.45) is 7.05 Å². The number of aryl methyl sites for hydroxylation is 2. The molecule has 0 radical (unpaired) electrons. The molecule has 0 aliphatic rings. The Morgan fingerprint density at radius 1 is 1.47 bits per heavy atom. The predicted molar refractivity (Wildman–Crippen MR) is 68.8 cm³/mol. The maximum absolute atomic E-state index is 10.9. The van der Waals surface area contributed by atoms with E-state index in [0.29, 0.717) is 18.8 Å². The normalized spacial score (nSPS) is 10.4. The lowest BCUT2D eigenvalue weighted by Crippen LogP contribution is -2.09. The summed E-state index contributed by atoms with van der Waals surface area (Å²) in [4.78, 5) is 18.6. The molecule has 19 heavy (non-hydrogen) atoms. The highest BCUT2D eigenvalue weighted by molar-refractivity contribution is 5.56. The minimum Gasteiger partial charge on any atom is -0.364 e. The predicted octanol–water partition coefficient (Wildman–Crippen LogP) is 1.08. The van der Waals surface area contributed by atoms with Crippen LogP contribution in [0.5, 0.6) is 0 Å². The first-order valence-corrected chi connectivity index (χ1v) is 5.75. The van der Waals surface area contributed by atoms with Gasteiger partial charge in [0.1, 0.15) is 6.33 Å². The SMILES string of the molecule is Cc1cnc(NCCc2ncn(C)n2)c([N+](=O)[O-])c1. The van der Waals surface area contributed by atoms with Crippen LogP contribution in [0.4, 0.5) is 11.5 Å². The van der Waals surface area contributed by atoms with Crippen molar-refractivity contribution in [3.63, 3.8) is 0 Å². The molecule has 100 valence electrons. The highest BCUT2D eigenvalue weighted by Gasteiger charge is 2.14. The average molecular weight is 262 g/mol. The summed E-state index contributed by atoms with van der Waals surface area (Å²) in [6.07, 6.45) is 3.78. The van der Waals surface area contributed by atoms with Gasteiger partial charge >= 0.3 is 5.69 Å². The van der Waals surface area contributed by atoms with Crippen LogP contribution < -0.4 is 5.32 Å². The molecule has 2 aromatic heterocycles. The maximum atomic E-state index is 10.9. The third-order valence-electron chi connectivity index (χ3n) is 2.49. The molecule has 0 aliphatic carbocycles. The van der Waals surface area contributed by atoms with Gasteiger partial charge in [-0.2, -0.15) is 5.10 Å². The minimum absolute atomic E-state index is 0.0195. The molecule has 0 bridgehead atoms. The van der Waals surface area contributed by atoms with E-state index < -0.39 is 4.92 Å². The molecular formula is C11H14N6O2. The van der Waals surface area contributed by atoms with Crippen LogP contribution >= 0.6 is 0 Å². The molecule has 0 aliphatic heterocycles. The summed E-state index contributed by atoms with van der Waals surface area (Å²) < 4.78 is 1.61. The van der Waals surface area contributed by atoms with Crippen molar-refractivity contribution in [3.8, 4) is 0 Å². The van der Waals surface area contributed by atoms with Gasteiger partial charge in [-0.15, -0.1) is 0 Å². The molecule has 0 saturated carbocycles. The van der Waals surface area contributed by atoms with Crippen LogP contribution in [-0.2, 0) is 13.5 Å². The van der Waals surface area contributed by atoms with E-state index in [0.717, 1.165) is 5.56 Å². The summed E-state index contributed by atoms with van der Waals surface area (Å²) >= 11 is 0. The average Bonchev–Trinajstić information content (AvgIpc) is 2.77. The van der Waals surface area contributed by atoms with Gasteiger partial charge in [0, 0.05) is 32.3 Å². The van der Waals surface area contributed by atoms with Gasteiger partial charge in [0.25, 0.3) is 0 Å². The summed E-state index contributed by atoms with van der Waals surface area (Å²) in [6, 6.07) is 1.49. The Morgan fingerprint density at radius 3 is 2.89 bits per heavy atom. The third-order valence-corrected chi connectivity index (χ3v) is 2.49. The Bertz CT molecular complexity index is 595. The van der Waals surface area contributed by atoms with Gasteiger partial charge in [-0.3, -0.25) is 14.8 Å². The Labute approximate surface area is 109 Å². The van der Waals surface area contributed by atoms with Crippen LogP contribution in [-0.4, -0.2) is 31.2 Å². The van der Waals surface area contributed by atoms with Crippen LogP contribution in [0.2, 0.25) is 0 Å². The summed E-state index contributed by atoms with van der Waals surface area (Å²) in [5.41, 5.74) is 0.734. The van der Waals surface area contributed by atoms with Crippen molar-refractivity contribution in [3.05, 3.63) is 40.1 Å². The molecule has 0 fully saturated rings. The van der Waals surface area contributed by atoms with Gasteiger partial charge in [-0.25, -0.2) is 9.97 Å². The van der Waals surface area contributed by atoms with E-state index in [-0.39, 0.29) is 11.5 Å². The van der Waals surface area contributed by atoms with Crippen molar-refractivity contribution in [1.29, 1.82) is 0 Å². The van der Waals surface area contributed by atoms with Gasteiger partial charge in [-0.1, -0.05) is 0 Å². The molecule has 8 nitrogen and oxygen atoms in total. The quantitative estimate of drug-likeness (QED) is 0.639. The number of aromatic nitrogens is 4. The molecule has 2 aromatic rings. The number of hydrogen-bond acceptors (Lipinski definition) is 6. The lowest BCUT2D eigenvalue weighted by molar-refractivity contribution is -0.384. The number of nitrogens with zero attached hydrogens (tertiary/aromatic N) is 5. The van der Waals surface area contributed by atoms with E-state index in [9.17, 15) is 10.1 Å². The molecule has 0 unspecified atom stereocenters. The molecule has 8 heteroatoms. The van der Waals surface area contributed by atoms with E-state index in [4.69, 9.17) is 0 Å². The molecular weight excluding hydrogens is 248 g/mol. The van der Waals surface area contributed by atoms with Gasteiger partial charge in [-0.05, 0) is 12.5 Å². The zero-order valence-corrected chi connectivity index (χ0v) is 10.7. The second-order valence-electron chi connectivity index (χ2n) is 4.15. The summed E-state index contributed by atoms with van der Waals surface area (Å²) in [5, 5.41) is 18.0. The number of rotatable bonds is 5. The fourth-order valence-corrected chi connectivity index (χ4v) is 1.62. The second kappa shape index (κ2) is 5.42.